The predicted molar refractivity (Wildman–Crippen MR) is 222 cm³/mol. The van der Waals surface area contributed by atoms with E-state index in [0.29, 0.717) is 44.1 Å². The fraction of sp³-hybridized carbons (Fsp3) is 0.366. The Labute approximate surface area is 353 Å². The summed E-state index contributed by atoms with van der Waals surface area (Å²) in [4.78, 5) is 54.9. The van der Waals surface area contributed by atoms with Crippen molar-refractivity contribution in [1.29, 1.82) is 0 Å². The molecule has 2 aromatic heterocycles. The Kier molecular flexibility index (Phi) is 16.8. The summed E-state index contributed by atoms with van der Waals surface area (Å²) in [5, 5.41) is 22.1. The number of amides is 2. The van der Waals surface area contributed by atoms with E-state index in [1.54, 1.807) is 12.1 Å². The number of pyridine rings is 2. The van der Waals surface area contributed by atoms with Gasteiger partial charge in [0.2, 0.25) is 35.3 Å². The van der Waals surface area contributed by atoms with Crippen LogP contribution in [0.15, 0.2) is 57.5 Å². The van der Waals surface area contributed by atoms with Crippen LogP contribution in [0.25, 0.3) is 11.1 Å². The minimum Gasteiger partial charge on any atom is -0.481 e. The lowest BCUT2D eigenvalue weighted by atomic mass is 9.92. The van der Waals surface area contributed by atoms with Crippen molar-refractivity contribution < 1.29 is 48.3 Å². The molecule has 0 saturated heterocycles. The van der Waals surface area contributed by atoms with E-state index in [9.17, 15) is 29.4 Å². The second kappa shape index (κ2) is 21.5. The van der Waals surface area contributed by atoms with Crippen LogP contribution in [0.1, 0.15) is 65.5 Å². The number of aryl methyl sites for hydroxylation is 1. The molecule has 0 unspecified atom stereocenters. The highest BCUT2D eigenvalue weighted by Gasteiger charge is 2.22. The summed E-state index contributed by atoms with van der Waals surface area (Å²) >= 11 is 7.07. The molecule has 7 N–H and O–H groups in total. The number of benzene rings is 2. The molecule has 0 aliphatic carbocycles. The van der Waals surface area contributed by atoms with Gasteiger partial charge in [-0.2, -0.15) is 9.97 Å². The molecular formula is C41H47Br2N5O10. The summed E-state index contributed by atoms with van der Waals surface area (Å²) < 4.78 is 24.5. The van der Waals surface area contributed by atoms with Crippen molar-refractivity contribution in [2.75, 3.05) is 14.2 Å². The number of nitrogens with two attached hydrogens (primary N) is 2. The minimum atomic E-state index is -1.10. The minimum absolute atomic E-state index is 0.00593. The molecule has 15 nitrogen and oxygen atoms in total. The molecule has 310 valence electrons. The number of hydrogen-bond acceptors (Lipinski definition) is 11. The number of primary amides is 2. The lowest BCUT2D eigenvalue weighted by Crippen LogP contribution is -2.37. The highest BCUT2D eigenvalue weighted by atomic mass is 79.9. The summed E-state index contributed by atoms with van der Waals surface area (Å²) in [5.41, 5.74) is 17.6. The predicted octanol–water partition coefficient (Wildman–Crippen LogP) is 6.17. The summed E-state index contributed by atoms with van der Waals surface area (Å²) in [6.45, 7) is 4.57. The van der Waals surface area contributed by atoms with Crippen molar-refractivity contribution in [2.24, 2.45) is 17.4 Å². The molecule has 2 aromatic carbocycles. The van der Waals surface area contributed by atoms with E-state index in [1.807, 2.05) is 50.2 Å². The lowest BCUT2D eigenvalue weighted by Gasteiger charge is -2.18. The average Bonchev–Trinajstić information content (AvgIpc) is 3.17. The van der Waals surface area contributed by atoms with Crippen molar-refractivity contribution in [3.8, 4) is 34.6 Å². The number of nitrogens with one attached hydrogen (secondary N) is 1. The van der Waals surface area contributed by atoms with Crippen molar-refractivity contribution >= 4 is 55.6 Å². The molecule has 4 rings (SSSR count). The maximum Gasteiger partial charge on any atom is 0.320 e. The van der Waals surface area contributed by atoms with Crippen LogP contribution in [0.2, 0.25) is 0 Å². The first-order valence-electron chi connectivity index (χ1n) is 18.3. The van der Waals surface area contributed by atoms with Crippen LogP contribution in [0.4, 0.5) is 0 Å². The number of rotatable bonds is 23. The zero-order chi connectivity index (χ0) is 42.5. The third kappa shape index (κ3) is 12.4. The number of carbonyl (C=O) groups is 4. The number of hydrogen-bond donors (Lipinski definition) is 5. The Bertz CT molecular complexity index is 1980. The number of carboxylic acid groups (broad SMARTS) is 2. The van der Waals surface area contributed by atoms with Gasteiger partial charge in [-0.05, 0) is 117 Å². The quantitative estimate of drug-likeness (QED) is 0.0561. The maximum absolute atomic E-state index is 11.7. The van der Waals surface area contributed by atoms with Gasteiger partial charge < -0.3 is 45.9 Å². The van der Waals surface area contributed by atoms with Crippen LogP contribution in [-0.2, 0) is 45.4 Å². The topological polar surface area (TPSA) is 236 Å². The van der Waals surface area contributed by atoms with Gasteiger partial charge in [0, 0.05) is 30.5 Å². The average molecular weight is 930 g/mol. The van der Waals surface area contributed by atoms with Gasteiger partial charge >= 0.3 is 11.9 Å². The monoisotopic (exact) mass is 927 g/mol. The van der Waals surface area contributed by atoms with E-state index < -0.39 is 35.7 Å². The smallest absolute Gasteiger partial charge is 0.320 e. The Morgan fingerprint density at radius 3 is 1.64 bits per heavy atom. The molecular weight excluding hydrogens is 882 g/mol. The zero-order valence-electron chi connectivity index (χ0n) is 32.6. The first-order chi connectivity index (χ1) is 27.6. The second-order valence-electron chi connectivity index (χ2n) is 13.5. The summed E-state index contributed by atoms with van der Waals surface area (Å²) in [6.07, 6.45) is 0.765. The molecule has 0 aliphatic rings. The number of aromatic nitrogens is 2. The standard InChI is InChI=1S/C41H47Br2N5O10/c1-22-26(20-57-38-31(42)17-25(36(47-38)55-3)12-11-24(40(51)52)13-15-34(44)49)7-5-9-29(22)30-10-6-8-27(23(30)2)21-58-39-32(43)18-28(37(48-39)56-4)19-46-33(41(53)54)14-16-35(45)50/h5-10,17-18,24,33,46H,11-16,19-21H2,1-4H3,(H2,44,49)(H2,45,50)(H,51,52)(H,53,54)/t24-,33-/m0/s1. The SMILES string of the molecule is COc1nc(OCc2cccc(-c3cccc(COc4nc(OC)c(CN[C@@H](CCC(N)=O)C(=O)O)cc4Br)c3C)c2C)c(Br)cc1CC[C@@H](CCC(N)=O)C(=O)O. The van der Waals surface area contributed by atoms with Crippen LogP contribution < -0.4 is 35.7 Å². The molecule has 2 atom stereocenters. The van der Waals surface area contributed by atoms with Gasteiger partial charge in [0.15, 0.2) is 0 Å². The van der Waals surface area contributed by atoms with Crippen molar-refractivity contribution in [3.63, 3.8) is 0 Å². The van der Waals surface area contributed by atoms with Crippen LogP contribution >= 0.6 is 31.9 Å². The van der Waals surface area contributed by atoms with Crippen LogP contribution in [0.5, 0.6) is 23.5 Å². The van der Waals surface area contributed by atoms with Crippen molar-refractivity contribution in [2.45, 2.75) is 78.2 Å². The molecule has 4 aromatic rings. The molecule has 0 bridgehead atoms. The Hall–Kier alpha value is -5.26. The number of carbonyl (C=O) groups excluding carboxylic acids is 2. The zero-order valence-corrected chi connectivity index (χ0v) is 35.8. The van der Waals surface area contributed by atoms with Gasteiger partial charge in [-0.25, -0.2) is 0 Å². The highest BCUT2D eigenvalue weighted by molar-refractivity contribution is 9.10. The van der Waals surface area contributed by atoms with Gasteiger partial charge in [0.05, 0.1) is 29.1 Å². The lowest BCUT2D eigenvalue weighted by molar-refractivity contribution is -0.142. The fourth-order valence-corrected chi connectivity index (χ4v) is 7.23. The van der Waals surface area contributed by atoms with Gasteiger partial charge in [0.25, 0.3) is 0 Å². The van der Waals surface area contributed by atoms with Gasteiger partial charge in [-0.15, -0.1) is 0 Å². The first kappa shape index (κ1) is 45.4. The molecule has 0 aliphatic heterocycles. The van der Waals surface area contributed by atoms with E-state index in [4.69, 9.17) is 30.4 Å². The molecule has 58 heavy (non-hydrogen) atoms. The van der Waals surface area contributed by atoms with Crippen LogP contribution in [0, 0.1) is 19.8 Å². The van der Waals surface area contributed by atoms with Gasteiger partial charge in [0.1, 0.15) is 19.3 Å². The van der Waals surface area contributed by atoms with E-state index >= 15 is 0 Å². The number of aliphatic carboxylic acids is 2. The molecule has 0 saturated carbocycles. The summed E-state index contributed by atoms with van der Waals surface area (Å²) in [6, 6.07) is 14.5. The third-order valence-electron chi connectivity index (χ3n) is 9.63. The van der Waals surface area contributed by atoms with Crippen molar-refractivity contribution in [1.82, 2.24) is 15.3 Å². The van der Waals surface area contributed by atoms with Crippen LogP contribution in [-0.4, -0.2) is 64.2 Å². The highest BCUT2D eigenvalue weighted by Crippen LogP contribution is 2.35. The number of carboxylic acids is 2. The number of ether oxygens (including phenoxy) is 4. The van der Waals surface area contributed by atoms with Crippen molar-refractivity contribution in [3.05, 3.63) is 90.9 Å². The number of methoxy groups -OCH3 is 2. The largest absolute Gasteiger partial charge is 0.481 e. The van der Waals surface area contributed by atoms with Gasteiger partial charge in [-0.1, -0.05) is 36.4 Å². The molecule has 0 radical (unpaired) electrons. The van der Waals surface area contributed by atoms with E-state index in [2.05, 4.69) is 47.1 Å². The third-order valence-corrected chi connectivity index (χ3v) is 10.8. The fourth-order valence-electron chi connectivity index (χ4n) is 6.27. The summed E-state index contributed by atoms with van der Waals surface area (Å²) in [7, 11) is 2.95. The number of nitrogens with zero attached hydrogens (tertiary/aromatic N) is 2. The van der Waals surface area contributed by atoms with E-state index in [0.717, 1.165) is 33.4 Å². The number of halogens is 2. The normalized spacial score (nSPS) is 12.0. The molecule has 2 heterocycles. The Balaban J connectivity index is 1.46. The van der Waals surface area contributed by atoms with Gasteiger partial charge in [-0.3, -0.25) is 19.2 Å². The Morgan fingerprint density at radius 2 is 1.17 bits per heavy atom. The molecule has 2 amide bonds. The first-order valence-corrected chi connectivity index (χ1v) is 19.9. The van der Waals surface area contributed by atoms with Crippen LogP contribution in [0.3, 0.4) is 0 Å². The molecule has 0 spiro atoms. The second-order valence-corrected chi connectivity index (χ2v) is 15.2. The maximum atomic E-state index is 11.7. The Morgan fingerprint density at radius 1 is 0.690 bits per heavy atom. The summed E-state index contributed by atoms with van der Waals surface area (Å²) in [5.74, 6) is -2.78. The van der Waals surface area contributed by atoms with E-state index in [1.165, 1.54) is 14.2 Å². The van der Waals surface area contributed by atoms with E-state index in [-0.39, 0.29) is 57.7 Å². The molecule has 17 heteroatoms. The molecule has 0 fully saturated rings.